The molecule has 0 saturated carbocycles. The van der Waals surface area contributed by atoms with E-state index in [0.29, 0.717) is 6.04 Å². The van der Waals surface area contributed by atoms with Gasteiger partial charge in [0.1, 0.15) is 11.4 Å². The molecule has 136 valence electrons. The van der Waals surface area contributed by atoms with Crippen molar-refractivity contribution in [3.8, 4) is 11.4 Å². The van der Waals surface area contributed by atoms with Gasteiger partial charge < -0.3 is 4.74 Å². The van der Waals surface area contributed by atoms with E-state index >= 15 is 0 Å². The maximum absolute atomic E-state index is 5.44. The molecule has 0 amide bonds. The van der Waals surface area contributed by atoms with Crippen molar-refractivity contribution in [2.75, 3.05) is 20.2 Å². The van der Waals surface area contributed by atoms with Crippen LogP contribution in [-0.4, -0.2) is 44.7 Å². The molecule has 3 heterocycles. The Morgan fingerprint density at radius 3 is 2.85 bits per heavy atom. The van der Waals surface area contributed by atoms with Crippen LogP contribution in [0, 0.1) is 13.8 Å². The van der Waals surface area contributed by atoms with Gasteiger partial charge in [-0.3, -0.25) is 9.58 Å². The average molecular weight is 351 g/mol. The van der Waals surface area contributed by atoms with Gasteiger partial charge in [-0.2, -0.15) is 10.2 Å². The molecule has 0 N–H and O–H groups in total. The largest absolute Gasteiger partial charge is 0.494 e. The molecular formula is C20H25N5O. The molecule has 0 aliphatic carbocycles. The van der Waals surface area contributed by atoms with E-state index in [4.69, 9.17) is 4.74 Å². The lowest BCUT2D eigenvalue weighted by atomic mass is 10.2. The number of hydrogen-bond donors (Lipinski definition) is 0. The lowest BCUT2D eigenvalue weighted by Crippen LogP contribution is -2.21. The summed E-state index contributed by atoms with van der Waals surface area (Å²) in [5, 5.41) is 9.18. The summed E-state index contributed by atoms with van der Waals surface area (Å²) in [5.41, 5.74) is 4.52. The van der Waals surface area contributed by atoms with Crippen LogP contribution in [0.15, 0.2) is 42.7 Å². The van der Waals surface area contributed by atoms with Crippen LogP contribution >= 0.6 is 0 Å². The van der Waals surface area contributed by atoms with Crippen molar-refractivity contribution < 1.29 is 4.74 Å². The van der Waals surface area contributed by atoms with Gasteiger partial charge in [0.25, 0.3) is 0 Å². The van der Waals surface area contributed by atoms with Crippen LogP contribution in [0.5, 0.6) is 5.75 Å². The Kier molecular flexibility index (Phi) is 4.51. The number of rotatable bonds is 5. The average Bonchev–Trinajstić information content (AvgIpc) is 3.36. The molecule has 1 unspecified atom stereocenters. The molecule has 1 fully saturated rings. The van der Waals surface area contributed by atoms with Crippen LogP contribution in [-0.2, 0) is 6.54 Å². The molecule has 1 aliphatic rings. The van der Waals surface area contributed by atoms with Gasteiger partial charge in [-0.15, -0.1) is 0 Å². The van der Waals surface area contributed by atoms with Crippen molar-refractivity contribution in [1.29, 1.82) is 0 Å². The minimum atomic E-state index is 0.466. The third kappa shape index (κ3) is 3.24. The van der Waals surface area contributed by atoms with Crippen molar-refractivity contribution in [2.24, 2.45) is 0 Å². The summed E-state index contributed by atoms with van der Waals surface area (Å²) in [6.07, 6.45) is 5.18. The second-order valence-corrected chi connectivity index (χ2v) is 7.01. The molecule has 1 saturated heterocycles. The molecule has 1 aliphatic heterocycles. The van der Waals surface area contributed by atoms with E-state index in [1.165, 1.54) is 11.3 Å². The van der Waals surface area contributed by atoms with Crippen molar-refractivity contribution in [2.45, 2.75) is 32.9 Å². The van der Waals surface area contributed by atoms with Crippen molar-refractivity contribution in [3.05, 3.63) is 59.7 Å². The predicted molar refractivity (Wildman–Crippen MR) is 101 cm³/mol. The van der Waals surface area contributed by atoms with Crippen LogP contribution < -0.4 is 4.74 Å². The smallest absolute Gasteiger partial charge is 0.144 e. The van der Waals surface area contributed by atoms with E-state index in [9.17, 15) is 0 Å². The molecule has 1 atom stereocenters. The van der Waals surface area contributed by atoms with E-state index < -0.39 is 0 Å². The zero-order valence-electron chi connectivity index (χ0n) is 15.6. The van der Waals surface area contributed by atoms with E-state index in [-0.39, 0.29) is 0 Å². The van der Waals surface area contributed by atoms with Gasteiger partial charge >= 0.3 is 0 Å². The van der Waals surface area contributed by atoms with Crippen LogP contribution in [0.1, 0.15) is 29.4 Å². The quantitative estimate of drug-likeness (QED) is 0.708. The summed E-state index contributed by atoms with van der Waals surface area (Å²) in [6.45, 7) is 7.22. The summed E-state index contributed by atoms with van der Waals surface area (Å²) in [6, 6.07) is 10.6. The Labute approximate surface area is 154 Å². The molecule has 0 spiro atoms. The van der Waals surface area contributed by atoms with Crippen molar-refractivity contribution >= 4 is 0 Å². The third-order valence-electron chi connectivity index (χ3n) is 5.01. The number of nitrogens with zero attached hydrogens (tertiary/aromatic N) is 5. The van der Waals surface area contributed by atoms with Crippen LogP contribution in [0.2, 0.25) is 0 Å². The summed E-state index contributed by atoms with van der Waals surface area (Å²) in [4.78, 5) is 2.48. The van der Waals surface area contributed by atoms with Gasteiger partial charge in [-0.25, -0.2) is 4.68 Å². The summed E-state index contributed by atoms with van der Waals surface area (Å²) in [5.74, 6) is 0.827. The maximum Gasteiger partial charge on any atom is 0.144 e. The van der Waals surface area contributed by atoms with Crippen molar-refractivity contribution in [1.82, 2.24) is 24.5 Å². The second kappa shape index (κ2) is 6.96. The molecular weight excluding hydrogens is 326 g/mol. The number of para-hydroxylation sites is 2. The van der Waals surface area contributed by atoms with E-state index in [2.05, 4.69) is 45.9 Å². The molecule has 6 heteroatoms. The molecule has 4 rings (SSSR count). The van der Waals surface area contributed by atoms with Gasteiger partial charge in [-0.1, -0.05) is 12.1 Å². The van der Waals surface area contributed by atoms with E-state index in [0.717, 1.165) is 43.2 Å². The Morgan fingerprint density at radius 2 is 2.08 bits per heavy atom. The molecule has 2 aromatic heterocycles. The number of benzene rings is 1. The highest BCUT2D eigenvalue weighted by atomic mass is 16.5. The van der Waals surface area contributed by atoms with Gasteiger partial charge in [-0.05, 0) is 38.5 Å². The van der Waals surface area contributed by atoms with Crippen molar-refractivity contribution in [3.63, 3.8) is 0 Å². The first-order valence-corrected chi connectivity index (χ1v) is 9.06. The Balaban J connectivity index is 1.44. The monoisotopic (exact) mass is 351 g/mol. The molecule has 26 heavy (non-hydrogen) atoms. The summed E-state index contributed by atoms with van der Waals surface area (Å²) in [7, 11) is 1.69. The standard InChI is InChI=1S/C20H25N5O/c1-15-10-16(2)25(22-15)18-8-9-23(14-18)12-17-11-21-24(13-17)19-6-4-5-7-20(19)26-3/h4-7,10-11,13,18H,8-9,12,14H2,1-3H3. The van der Waals surface area contributed by atoms with Gasteiger partial charge in [0.15, 0.2) is 0 Å². The predicted octanol–water partition coefficient (Wildman–Crippen LogP) is 3.14. The topological polar surface area (TPSA) is 48.1 Å². The first kappa shape index (κ1) is 16.8. The number of hydrogen-bond acceptors (Lipinski definition) is 4. The maximum atomic E-state index is 5.44. The third-order valence-corrected chi connectivity index (χ3v) is 5.01. The molecule has 0 radical (unpaired) electrons. The summed E-state index contributed by atoms with van der Waals surface area (Å²) >= 11 is 0. The minimum Gasteiger partial charge on any atom is -0.494 e. The fraction of sp³-hybridized carbons (Fsp3) is 0.400. The molecule has 1 aromatic carbocycles. The van der Waals surface area contributed by atoms with E-state index in [1.54, 1.807) is 7.11 Å². The Bertz CT molecular complexity index is 897. The first-order valence-electron chi connectivity index (χ1n) is 9.06. The SMILES string of the molecule is COc1ccccc1-n1cc(CN2CCC(n3nc(C)cc3C)C2)cn1. The fourth-order valence-electron chi connectivity index (χ4n) is 3.82. The highest BCUT2D eigenvalue weighted by Gasteiger charge is 2.25. The first-order chi connectivity index (χ1) is 12.6. The van der Waals surface area contributed by atoms with Crippen LogP contribution in [0.4, 0.5) is 0 Å². The Morgan fingerprint density at radius 1 is 1.23 bits per heavy atom. The zero-order valence-corrected chi connectivity index (χ0v) is 15.6. The van der Waals surface area contributed by atoms with Gasteiger partial charge in [0, 0.05) is 37.1 Å². The zero-order chi connectivity index (χ0) is 18.1. The van der Waals surface area contributed by atoms with E-state index in [1.807, 2.05) is 35.1 Å². The van der Waals surface area contributed by atoms with Crippen LogP contribution in [0.3, 0.4) is 0 Å². The molecule has 0 bridgehead atoms. The highest BCUT2D eigenvalue weighted by molar-refractivity contribution is 5.46. The molecule has 6 nitrogen and oxygen atoms in total. The Hall–Kier alpha value is -2.60. The fourth-order valence-corrected chi connectivity index (χ4v) is 3.82. The summed E-state index contributed by atoms with van der Waals surface area (Å²) < 4.78 is 9.52. The lowest BCUT2D eigenvalue weighted by Gasteiger charge is -2.16. The van der Waals surface area contributed by atoms with Gasteiger partial charge in [0.2, 0.25) is 0 Å². The number of likely N-dealkylation sites (tertiary alicyclic amines) is 1. The number of aryl methyl sites for hydroxylation is 2. The molecule has 3 aromatic rings. The van der Waals surface area contributed by atoms with Crippen LogP contribution in [0.25, 0.3) is 5.69 Å². The number of aromatic nitrogens is 4. The highest BCUT2D eigenvalue weighted by Crippen LogP contribution is 2.25. The van der Waals surface area contributed by atoms with Gasteiger partial charge in [0.05, 0.1) is 25.0 Å². The normalized spacial score (nSPS) is 17.7. The number of ether oxygens (including phenoxy) is 1. The number of methoxy groups -OCH3 is 1. The second-order valence-electron chi connectivity index (χ2n) is 7.01. The lowest BCUT2D eigenvalue weighted by molar-refractivity contribution is 0.310. The minimum absolute atomic E-state index is 0.466.